The number of aryl methyl sites for hydroxylation is 2. The molecule has 0 aromatic carbocycles. The van der Waals surface area contributed by atoms with E-state index in [9.17, 15) is 0 Å². The van der Waals surface area contributed by atoms with E-state index in [1.807, 2.05) is 18.7 Å². The molecular formula is C18H27N5O2. The van der Waals surface area contributed by atoms with E-state index >= 15 is 0 Å². The lowest BCUT2D eigenvalue weighted by atomic mass is 10.0. The Kier molecular flexibility index (Phi) is 5.34. The third kappa shape index (κ3) is 3.82. The number of methoxy groups -OCH3 is 1. The molecule has 0 amide bonds. The quantitative estimate of drug-likeness (QED) is 0.799. The van der Waals surface area contributed by atoms with Crippen molar-refractivity contribution in [3.63, 3.8) is 0 Å². The Morgan fingerprint density at radius 3 is 2.76 bits per heavy atom. The lowest BCUT2D eigenvalue weighted by Gasteiger charge is -2.21. The molecule has 3 heterocycles. The molecule has 1 aliphatic rings. The van der Waals surface area contributed by atoms with E-state index in [1.54, 1.807) is 7.11 Å². The van der Waals surface area contributed by atoms with E-state index < -0.39 is 0 Å². The molecule has 0 spiro atoms. The van der Waals surface area contributed by atoms with E-state index in [0.29, 0.717) is 18.3 Å². The van der Waals surface area contributed by atoms with Gasteiger partial charge < -0.3 is 14.4 Å². The van der Waals surface area contributed by atoms with E-state index in [2.05, 4.69) is 40.0 Å². The molecule has 0 aliphatic carbocycles. The molecule has 1 aliphatic heterocycles. The van der Waals surface area contributed by atoms with Crippen LogP contribution in [0.1, 0.15) is 40.8 Å². The van der Waals surface area contributed by atoms with Crippen LogP contribution in [0, 0.1) is 13.8 Å². The lowest BCUT2D eigenvalue weighted by molar-refractivity contribution is 0.177. The maximum atomic E-state index is 5.53. The minimum absolute atomic E-state index is 0.340. The smallest absolute Gasteiger partial charge is 0.156 e. The van der Waals surface area contributed by atoms with Gasteiger partial charge in [0.1, 0.15) is 12.4 Å². The highest BCUT2D eigenvalue weighted by Crippen LogP contribution is 2.27. The van der Waals surface area contributed by atoms with E-state index in [-0.39, 0.29) is 0 Å². The molecule has 1 saturated heterocycles. The fourth-order valence-electron chi connectivity index (χ4n) is 3.23. The summed E-state index contributed by atoms with van der Waals surface area (Å²) < 4.78 is 12.7. The number of aromatic nitrogens is 4. The van der Waals surface area contributed by atoms with Crippen molar-refractivity contribution in [2.24, 2.45) is 7.05 Å². The topological polar surface area (TPSA) is 65.3 Å². The van der Waals surface area contributed by atoms with Gasteiger partial charge in [-0.15, -0.1) is 0 Å². The molecule has 0 radical (unpaired) electrons. The average Bonchev–Trinajstić information content (AvgIpc) is 3.20. The van der Waals surface area contributed by atoms with E-state index in [4.69, 9.17) is 9.47 Å². The molecular weight excluding hydrogens is 318 g/mol. The molecule has 7 nitrogen and oxygen atoms in total. The number of ether oxygens (including phenoxy) is 2. The van der Waals surface area contributed by atoms with Gasteiger partial charge in [0.25, 0.3) is 0 Å². The Labute approximate surface area is 149 Å². The van der Waals surface area contributed by atoms with Crippen LogP contribution >= 0.6 is 0 Å². The Bertz CT molecular complexity index is 737. The third-order valence-electron chi connectivity index (χ3n) is 4.85. The Morgan fingerprint density at radius 2 is 2.16 bits per heavy atom. The van der Waals surface area contributed by atoms with Crippen molar-refractivity contribution in [3.05, 3.63) is 34.5 Å². The predicted octanol–water partition coefficient (Wildman–Crippen LogP) is 2.11. The standard InChI is InChI=1S/C18H27N5O2/c1-12-15(13(2)23(4)21-12)9-22(3)18-8-16(14-6-7-25-10-14)19-17(20-18)11-24-5/h8,14H,6-7,9-11H2,1-5H3/t14-/m0/s1. The molecule has 0 N–H and O–H groups in total. The third-order valence-corrected chi connectivity index (χ3v) is 4.85. The van der Waals surface area contributed by atoms with Gasteiger partial charge in [0, 0.05) is 57.6 Å². The zero-order valence-corrected chi connectivity index (χ0v) is 15.7. The maximum absolute atomic E-state index is 5.53. The second-order valence-electron chi connectivity index (χ2n) is 6.69. The van der Waals surface area contributed by atoms with Gasteiger partial charge in [-0.25, -0.2) is 9.97 Å². The first kappa shape index (κ1) is 17.8. The zero-order chi connectivity index (χ0) is 18.0. The second-order valence-corrected chi connectivity index (χ2v) is 6.69. The summed E-state index contributed by atoms with van der Waals surface area (Å²) in [7, 11) is 5.70. The molecule has 2 aromatic heterocycles. The summed E-state index contributed by atoms with van der Waals surface area (Å²) in [6, 6.07) is 2.08. The Hall–Kier alpha value is -1.99. The van der Waals surface area contributed by atoms with Crippen LogP contribution in [0.15, 0.2) is 6.07 Å². The van der Waals surface area contributed by atoms with Crippen LogP contribution in [0.5, 0.6) is 0 Å². The summed E-state index contributed by atoms with van der Waals surface area (Å²) in [6.45, 7) is 6.85. The summed E-state index contributed by atoms with van der Waals surface area (Å²) in [5, 5.41) is 4.51. The van der Waals surface area contributed by atoms with Crippen LogP contribution in [0.2, 0.25) is 0 Å². The fourth-order valence-corrected chi connectivity index (χ4v) is 3.23. The number of anilines is 1. The van der Waals surface area contributed by atoms with Crippen molar-refractivity contribution in [2.75, 3.05) is 32.3 Å². The zero-order valence-electron chi connectivity index (χ0n) is 15.7. The van der Waals surface area contributed by atoms with Gasteiger partial charge in [-0.05, 0) is 20.3 Å². The van der Waals surface area contributed by atoms with Crippen molar-refractivity contribution in [1.29, 1.82) is 0 Å². The molecule has 2 aromatic rings. The minimum Gasteiger partial charge on any atom is -0.381 e. The van der Waals surface area contributed by atoms with E-state index in [1.165, 1.54) is 11.3 Å². The van der Waals surface area contributed by atoms with Gasteiger partial charge >= 0.3 is 0 Å². The summed E-state index contributed by atoms with van der Waals surface area (Å²) in [4.78, 5) is 11.5. The normalized spacial score (nSPS) is 17.2. The van der Waals surface area contributed by atoms with Crippen LogP contribution in [0.4, 0.5) is 5.82 Å². The van der Waals surface area contributed by atoms with Crippen LogP contribution < -0.4 is 4.90 Å². The first-order valence-corrected chi connectivity index (χ1v) is 8.64. The van der Waals surface area contributed by atoms with Crippen molar-refractivity contribution >= 4 is 5.82 Å². The van der Waals surface area contributed by atoms with E-state index in [0.717, 1.165) is 43.4 Å². The summed E-state index contributed by atoms with van der Waals surface area (Å²) >= 11 is 0. The van der Waals surface area contributed by atoms with Crippen LogP contribution in [-0.2, 0) is 29.7 Å². The van der Waals surface area contributed by atoms with Crippen LogP contribution in [0.25, 0.3) is 0 Å². The number of hydrogen-bond donors (Lipinski definition) is 0. The molecule has 0 saturated carbocycles. The molecule has 1 atom stereocenters. The van der Waals surface area contributed by atoms with Crippen molar-refractivity contribution in [2.45, 2.75) is 39.3 Å². The van der Waals surface area contributed by atoms with Gasteiger partial charge in [0.15, 0.2) is 5.82 Å². The molecule has 0 unspecified atom stereocenters. The molecule has 0 bridgehead atoms. The Balaban J connectivity index is 1.88. The van der Waals surface area contributed by atoms with Crippen molar-refractivity contribution in [3.8, 4) is 0 Å². The van der Waals surface area contributed by atoms with Gasteiger partial charge in [0.2, 0.25) is 0 Å². The predicted molar refractivity (Wildman–Crippen MR) is 95.7 cm³/mol. The van der Waals surface area contributed by atoms with Gasteiger partial charge in [0.05, 0.1) is 18.0 Å². The summed E-state index contributed by atoms with van der Waals surface area (Å²) in [5.74, 6) is 1.97. The largest absolute Gasteiger partial charge is 0.381 e. The first-order chi connectivity index (χ1) is 12.0. The van der Waals surface area contributed by atoms with Crippen molar-refractivity contribution in [1.82, 2.24) is 19.7 Å². The fraction of sp³-hybridized carbons (Fsp3) is 0.611. The SMILES string of the molecule is COCc1nc([C@H]2CCOC2)cc(N(C)Cc2c(C)nn(C)c2C)n1. The molecule has 1 fully saturated rings. The van der Waals surface area contributed by atoms with Crippen molar-refractivity contribution < 1.29 is 9.47 Å². The molecule has 25 heavy (non-hydrogen) atoms. The van der Waals surface area contributed by atoms with Crippen LogP contribution in [-0.4, -0.2) is 47.1 Å². The number of hydrogen-bond acceptors (Lipinski definition) is 6. The molecule has 7 heteroatoms. The van der Waals surface area contributed by atoms with Gasteiger partial charge in [-0.1, -0.05) is 0 Å². The Morgan fingerprint density at radius 1 is 1.36 bits per heavy atom. The summed E-state index contributed by atoms with van der Waals surface area (Å²) in [6.07, 6.45) is 1.01. The highest BCUT2D eigenvalue weighted by Gasteiger charge is 2.22. The van der Waals surface area contributed by atoms with Gasteiger partial charge in [-0.3, -0.25) is 4.68 Å². The summed E-state index contributed by atoms with van der Waals surface area (Å²) in [5.41, 5.74) is 4.52. The average molecular weight is 345 g/mol. The van der Waals surface area contributed by atoms with Crippen LogP contribution in [0.3, 0.4) is 0 Å². The van der Waals surface area contributed by atoms with Gasteiger partial charge in [-0.2, -0.15) is 5.10 Å². The highest BCUT2D eigenvalue weighted by atomic mass is 16.5. The molecule has 136 valence electrons. The maximum Gasteiger partial charge on any atom is 0.156 e. The number of nitrogens with zero attached hydrogens (tertiary/aromatic N) is 5. The lowest BCUT2D eigenvalue weighted by Crippen LogP contribution is -2.21. The second kappa shape index (κ2) is 7.49. The highest BCUT2D eigenvalue weighted by molar-refractivity contribution is 5.42. The first-order valence-electron chi connectivity index (χ1n) is 8.64. The minimum atomic E-state index is 0.340. The molecule has 3 rings (SSSR count). The monoisotopic (exact) mass is 345 g/mol. The number of rotatable bonds is 6.